The molecule has 0 aromatic heterocycles. The van der Waals surface area contributed by atoms with Crippen molar-refractivity contribution in [2.75, 3.05) is 20.2 Å². The van der Waals surface area contributed by atoms with E-state index < -0.39 is 11.9 Å². The summed E-state index contributed by atoms with van der Waals surface area (Å²) in [6.45, 7) is 0.680. The van der Waals surface area contributed by atoms with E-state index in [2.05, 4.69) is 5.32 Å². The summed E-state index contributed by atoms with van der Waals surface area (Å²) in [5, 5.41) is 2.44. The average Bonchev–Trinajstić information content (AvgIpc) is 2.34. The van der Waals surface area contributed by atoms with Gasteiger partial charge in [-0.05, 0) is 17.7 Å². The molecule has 0 aliphatic carbocycles. The number of nitrogens with one attached hydrogen (secondary N) is 1. The highest BCUT2D eigenvalue weighted by Gasteiger charge is 2.05. The first-order chi connectivity index (χ1) is 8.17. The van der Waals surface area contributed by atoms with Gasteiger partial charge >= 0.3 is 6.09 Å². The van der Waals surface area contributed by atoms with Crippen LogP contribution in [-0.2, 0) is 11.3 Å². The molecule has 1 rings (SSSR count). The van der Waals surface area contributed by atoms with Crippen LogP contribution in [0.15, 0.2) is 18.2 Å². The lowest BCUT2D eigenvalue weighted by Gasteiger charge is -2.07. The third-order valence-corrected chi connectivity index (χ3v) is 2.00. The van der Waals surface area contributed by atoms with Crippen LogP contribution in [0, 0.1) is 5.82 Å². The molecule has 0 atom stereocenters. The van der Waals surface area contributed by atoms with Crippen LogP contribution in [0.4, 0.5) is 9.18 Å². The number of methoxy groups -OCH3 is 1. The topological polar surface area (TPSA) is 73.6 Å². The predicted molar refractivity (Wildman–Crippen MR) is 60.2 cm³/mol. The molecule has 0 spiro atoms. The number of nitrogens with two attached hydrogens (primary N) is 1. The Balaban J connectivity index is 2.47. The summed E-state index contributed by atoms with van der Waals surface area (Å²) in [5.41, 5.74) is 5.75. The van der Waals surface area contributed by atoms with E-state index in [4.69, 9.17) is 15.2 Å². The number of rotatable bonds is 5. The zero-order valence-corrected chi connectivity index (χ0v) is 9.53. The number of alkyl carbamates (subject to hydrolysis) is 1. The van der Waals surface area contributed by atoms with Crippen LogP contribution < -0.4 is 15.8 Å². The number of benzene rings is 1. The van der Waals surface area contributed by atoms with Crippen molar-refractivity contribution in [3.63, 3.8) is 0 Å². The summed E-state index contributed by atoms with van der Waals surface area (Å²) in [7, 11) is 1.38. The standard InChI is InChI=1S/C11H15FN2O3/c1-16-10-3-2-8(6-9(10)12)7-17-11(15)14-5-4-13/h2-3,6H,4-5,7,13H2,1H3,(H,14,15). The van der Waals surface area contributed by atoms with Crippen molar-refractivity contribution in [3.8, 4) is 5.75 Å². The molecule has 0 unspecified atom stereocenters. The first-order valence-corrected chi connectivity index (χ1v) is 5.10. The Morgan fingerprint density at radius 2 is 2.29 bits per heavy atom. The van der Waals surface area contributed by atoms with Crippen molar-refractivity contribution in [1.29, 1.82) is 0 Å². The molecule has 0 radical (unpaired) electrons. The van der Waals surface area contributed by atoms with Gasteiger partial charge in [-0.15, -0.1) is 0 Å². The van der Waals surface area contributed by atoms with Crippen molar-refractivity contribution in [3.05, 3.63) is 29.6 Å². The van der Waals surface area contributed by atoms with E-state index in [1.807, 2.05) is 0 Å². The molecule has 94 valence electrons. The van der Waals surface area contributed by atoms with Crippen LogP contribution >= 0.6 is 0 Å². The second-order valence-corrected chi connectivity index (χ2v) is 3.26. The molecule has 0 bridgehead atoms. The Morgan fingerprint density at radius 3 is 2.88 bits per heavy atom. The van der Waals surface area contributed by atoms with Gasteiger partial charge in [-0.2, -0.15) is 0 Å². The number of hydrogen-bond acceptors (Lipinski definition) is 4. The summed E-state index contributed by atoms with van der Waals surface area (Å²) in [5.74, 6) is -0.336. The smallest absolute Gasteiger partial charge is 0.407 e. The van der Waals surface area contributed by atoms with Gasteiger partial charge in [0.1, 0.15) is 6.61 Å². The van der Waals surface area contributed by atoms with Gasteiger partial charge in [-0.25, -0.2) is 9.18 Å². The van der Waals surface area contributed by atoms with Gasteiger partial charge in [0.25, 0.3) is 0 Å². The molecule has 0 heterocycles. The third-order valence-electron chi connectivity index (χ3n) is 2.00. The fourth-order valence-corrected chi connectivity index (χ4v) is 1.17. The highest BCUT2D eigenvalue weighted by Crippen LogP contribution is 2.17. The van der Waals surface area contributed by atoms with E-state index in [-0.39, 0.29) is 12.4 Å². The Morgan fingerprint density at radius 1 is 1.53 bits per heavy atom. The highest BCUT2D eigenvalue weighted by molar-refractivity contribution is 5.67. The molecule has 5 nitrogen and oxygen atoms in total. The largest absolute Gasteiger partial charge is 0.494 e. The molecular formula is C11H15FN2O3. The van der Waals surface area contributed by atoms with Crippen molar-refractivity contribution < 1.29 is 18.7 Å². The maximum absolute atomic E-state index is 13.3. The van der Waals surface area contributed by atoms with Gasteiger partial charge < -0.3 is 20.5 Å². The lowest BCUT2D eigenvalue weighted by molar-refractivity contribution is 0.140. The summed E-state index contributed by atoms with van der Waals surface area (Å²) >= 11 is 0. The molecule has 1 aromatic rings. The van der Waals surface area contributed by atoms with Gasteiger partial charge in [0.2, 0.25) is 0 Å². The summed E-state index contributed by atoms with van der Waals surface area (Å²) in [4.78, 5) is 11.1. The van der Waals surface area contributed by atoms with Crippen molar-refractivity contribution in [2.45, 2.75) is 6.61 Å². The maximum atomic E-state index is 13.3. The number of carbonyl (C=O) groups is 1. The van der Waals surface area contributed by atoms with Crippen molar-refractivity contribution in [1.82, 2.24) is 5.32 Å². The first kappa shape index (κ1) is 13.2. The van der Waals surface area contributed by atoms with Crippen LogP contribution in [0.1, 0.15) is 5.56 Å². The zero-order chi connectivity index (χ0) is 12.7. The van der Waals surface area contributed by atoms with Crippen molar-refractivity contribution in [2.24, 2.45) is 5.73 Å². The van der Waals surface area contributed by atoms with Crippen LogP contribution in [-0.4, -0.2) is 26.3 Å². The fourth-order valence-electron chi connectivity index (χ4n) is 1.17. The Labute approximate surface area is 98.7 Å². The number of hydrogen-bond donors (Lipinski definition) is 2. The second-order valence-electron chi connectivity index (χ2n) is 3.26. The Hall–Kier alpha value is -1.82. The zero-order valence-electron chi connectivity index (χ0n) is 9.53. The van der Waals surface area contributed by atoms with E-state index in [0.29, 0.717) is 18.7 Å². The molecule has 0 saturated carbocycles. The molecule has 0 fully saturated rings. The van der Waals surface area contributed by atoms with Gasteiger partial charge in [-0.1, -0.05) is 6.07 Å². The van der Waals surface area contributed by atoms with Crippen LogP contribution in [0.3, 0.4) is 0 Å². The highest BCUT2D eigenvalue weighted by atomic mass is 19.1. The normalized spacial score (nSPS) is 9.82. The molecule has 0 saturated heterocycles. The molecule has 6 heteroatoms. The number of halogens is 1. The molecule has 1 aromatic carbocycles. The molecule has 0 aliphatic heterocycles. The summed E-state index contributed by atoms with van der Waals surface area (Å²) < 4.78 is 22.9. The minimum atomic E-state index is -0.577. The van der Waals surface area contributed by atoms with Gasteiger partial charge in [0.15, 0.2) is 11.6 Å². The minimum Gasteiger partial charge on any atom is -0.494 e. The van der Waals surface area contributed by atoms with E-state index in [1.54, 1.807) is 6.07 Å². The van der Waals surface area contributed by atoms with E-state index in [9.17, 15) is 9.18 Å². The summed E-state index contributed by atoms with van der Waals surface area (Å²) in [6.07, 6.45) is -0.577. The monoisotopic (exact) mass is 242 g/mol. The molecule has 3 N–H and O–H groups in total. The maximum Gasteiger partial charge on any atom is 0.407 e. The van der Waals surface area contributed by atoms with Gasteiger partial charge in [-0.3, -0.25) is 0 Å². The molecular weight excluding hydrogens is 227 g/mol. The third kappa shape index (κ3) is 4.28. The predicted octanol–water partition coefficient (Wildman–Crippen LogP) is 1.02. The molecule has 17 heavy (non-hydrogen) atoms. The van der Waals surface area contributed by atoms with E-state index >= 15 is 0 Å². The van der Waals surface area contributed by atoms with Crippen LogP contribution in [0.2, 0.25) is 0 Å². The Bertz CT molecular complexity index is 385. The molecule has 1 amide bonds. The summed E-state index contributed by atoms with van der Waals surface area (Å²) in [6, 6.07) is 4.36. The lowest BCUT2D eigenvalue weighted by atomic mass is 10.2. The van der Waals surface area contributed by atoms with Gasteiger partial charge in [0, 0.05) is 13.1 Å². The van der Waals surface area contributed by atoms with Crippen LogP contribution in [0.25, 0.3) is 0 Å². The SMILES string of the molecule is COc1ccc(COC(=O)NCCN)cc1F. The Kier molecular flexibility index (Phi) is 5.22. The number of ether oxygens (including phenoxy) is 2. The number of carbonyl (C=O) groups excluding carboxylic acids is 1. The van der Waals surface area contributed by atoms with Gasteiger partial charge in [0.05, 0.1) is 7.11 Å². The van der Waals surface area contributed by atoms with E-state index in [0.717, 1.165) is 0 Å². The lowest BCUT2D eigenvalue weighted by Crippen LogP contribution is -2.29. The fraction of sp³-hybridized carbons (Fsp3) is 0.364. The van der Waals surface area contributed by atoms with Crippen LogP contribution in [0.5, 0.6) is 5.75 Å². The molecule has 0 aliphatic rings. The first-order valence-electron chi connectivity index (χ1n) is 5.10. The minimum absolute atomic E-state index is 0.00266. The average molecular weight is 242 g/mol. The number of amides is 1. The van der Waals surface area contributed by atoms with E-state index in [1.165, 1.54) is 19.2 Å². The van der Waals surface area contributed by atoms with Crippen molar-refractivity contribution >= 4 is 6.09 Å². The second kappa shape index (κ2) is 6.70. The quantitative estimate of drug-likeness (QED) is 0.808.